The van der Waals surface area contributed by atoms with Crippen LogP contribution >= 0.6 is 0 Å². The van der Waals surface area contributed by atoms with Crippen LogP contribution in [0.4, 0.5) is 11.4 Å². The Balaban J connectivity index is 2.66. The van der Waals surface area contributed by atoms with Crippen LogP contribution in [0, 0.1) is 0 Å². The summed E-state index contributed by atoms with van der Waals surface area (Å²) in [5.74, 6) is -1.90. The highest BCUT2D eigenvalue weighted by Gasteiger charge is 2.02. The van der Waals surface area contributed by atoms with Crippen LogP contribution in [0.5, 0.6) is 0 Å². The summed E-state index contributed by atoms with van der Waals surface area (Å²) in [6.45, 7) is 5.97. The number of benzene rings is 1. The van der Waals surface area contributed by atoms with Gasteiger partial charge < -0.3 is 20.1 Å². The number of carboxylic acid groups (broad SMARTS) is 1. The minimum Gasteiger partial charge on any atom is -0.545 e. The standard InChI is InChI=1S/C14H18N2O3/c1-3-16(4-2)12-7-5-11(6-8-12)15-13(17)9-10-14(18)19/h5-10H,3-4H2,1-2H3,(H,15,17)(H,18,19)/p-1/b10-9+. The molecule has 0 bridgehead atoms. The molecule has 102 valence electrons. The van der Waals surface area contributed by atoms with E-state index in [1.165, 1.54) is 0 Å². The number of hydrogen-bond donors (Lipinski definition) is 1. The highest BCUT2D eigenvalue weighted by molar-refractivity contribution is 6.02. The molecular weight excluding hydrogens is 244 g/mol. The largest absolute Gasteiger partial charge is 0.545 e. The molecule has 0 saturated heterocycles. The molecule has 0 aromatic heterocycles. The van der Waals surface area contributed by atoms with Gasteiger partial charge in [-0.25, -0.2) is 0 Å². The average molecular weight is 261 g/mol. The highest BCUT2D eigenvalue weighted by Crippen LogP contribution is 2.17. The van der Waals surface area contributed by atoms with E-state index in [0.717, 1.165) is 24.9 Å². The lowest BCUT2D eigenvalue weighted by molar-refractivity contribution is -0.297. The minimum atomic E-state index is -1.40. The molecule has 0 aliphatic rings. The molecule has 0 spiro atoms. The van der Waals surface area contributed by atoms with E-state index in [1.54, 1.807) is 12.1 Å². The number of rotatable bonds is 6. The third kappa shape index (κ3) is 4.83. The number of carbonyl (C=O) groups is 2. The summed E-state index contributed by atoms with van der Waals surface area (Å²) in [6, 6.07) is 7.37. The molecule has 0 atom stereocenters. The molecule has 0 saturated carbocycles. The van der Waals surface area contributed by atoms with Crippen LogP contribution in [0.1, 0.15) is 13.8 Å². The molecule has 1 aromatic rings. The van der Waals surface area contributed by atoms with Gasteiger partial charge in [0.1, 0.15) is 0 Å². The van der Waals surface area contributed by atoms with Crippen molar-refractivity contribution in [1.29, 1.82) is 0 Å². The molecule has 0 fully saturated rings. The van der Waals surface area contributed by atoms with E-state index < -0.39 is 11.9 Å². The number of hydrogen-bond acceptors (Lipinski definition) is 4. The topological polar surface area (TPSA) is 72.5 Å². The maximum absolute atomic E-state index is 11.3. The first-order valence-corrected chi connectivity index (χ1v) is 6.11. The SMILES string of the molecule is CCN(CC)c1ccc(NC(=O)/C=C/C(=O)[O-])cc1. The van der Waals surface area contributed by atoms with E-state index in [-0.39, 0.29) is 0 Å². The first kappa shape index (κ1) is 14.8. The fourth-order valence-electron chi connectivity index (χ4n) is 1.67. The zero-order valence-electron chi connectivity index (χ0n) is 11.1. The van der Waals surface area contributed by atoms with Gasteiger partial charge in [0.25, 0.3) is 0 Å². The van der Waals surface area contributed by atoms with E-state index in [1.807, 2.05) is 12.1 Å². The third-order valence-corrected chi connectivity index (χ3v) is 2.63. The zero-order valence-corrected chi connectivity index (χ0v) is 11.1. The number of carboxylic acids is 1. The van der Waals surface area contributed by atoms with Crippen LogP contribution < -0.4 is 15.3 Å². The molecule has 1 amide bonds. The van der Waals surface area contributed by atoms with Crippen molar-refractivity contribution in [3.05, 3.63) is 36.4 Å². The summed E-state index contributed by atoms with van der Waals surface area (Å²) in [7, 11) is 0. The molecular formula is C14H17N2O3-. The average Bonchev–Trinajstić information content (AvgIpc) is 2.40. The quantitative estimate of drug-likeness (QED) is 0.768. The van der Waals surface area contributed by atoms with Gasteiger partial charge in [0.05, 0.1) is 5.97 Å². The van der Waals surface area contributed by atoms with Crippen LogP contribution in [-0.4, -0.2) is 25.0 Å². The molecule has 0 heterocycles. The Kier molecular flexibility index (Phi) is 5.60. The van der Waals surface area contributed by atoms with Crippen molar-refractivity contribution < 1.29 is 14.7 Å². The maximum atomic E-state index is 11.3. The number of amides is 1. The summed E-state index contributed by atoms with van der Waals surface area (Å²) < 4.78 is 0. The number of nitrogens with zero attached hydrogens (tertiary/aromatic N) is 1. The second kappa shape index (κ2) is 7.20. The van der Waals surface area contributed by atoms with Gasteiger partial charge >= 0.3 is 0 Å². The van der Waals surface area contributed by atoms with Crippen LogP contribution in [-0.2, 0) is 9.59 Å². The van der Waals surface area contributed by atoms with Gasteiger partial charge in [0, 0.05) is 30.5 Å². The van der Waals surface area contributed by atoms with Crippen molar-refractivity contribution in [2.45, 2.75) is 13.8 Å². The Morgan fingerprint density at radius 2 is 1.74 bits per heavy atom. The van der Waals surface area contributed by atoms with E-state index >= 15 is 0 Å². The summed E-state index contributed by atoms with van der Waals surface area (Å²) in [4.78, 5) is 23.7. The van der Waals surface area contributed by atoms with E-state index in [9.17, 15) is 14.7 Å². The Bertz CT molecular complexity index is 462. The molecule has 0 unspecified atom stereocenters. The Morgan fingerprint density at radius 3 is 2.21 bits per heavy atom. The molecule has 1 aromatic carbocycles. The molecule has 1 rings (SSSR count). The van der Waals surface area contributed by atoms with E-state index in [0.29, 0.717) is 11.8 Å². The van der Waals surface area contributed by atoms with Gasteiger partial charge in [-0.3, -0.25) is 4.79 Å². The van der Waals surface area contributed by atoms with Gasteiger partial charge in [-0.05, 0) is 44.2 Å². The second-order valence-electron chi connectivity index (χ2n) is 3.86. The van der Waals surface area contributed by atoms with Gasteiger partial charge in [0.15, 0.2) is 0 Å². The van der Waals surface area contributed by atoms with Gasteiger partial charge in [-0.1, -0.05) is 0 Å². The minimum absolute atomic E-state index is 0.500. The van der Waals surface area contributed by atoms with Crippen molar-refractivity contribution in [3.63, 3.8) is 0 Å². The number of carbonyl (C=O) groups excluding carboxylic acids is 2. The van der Waals surface area contributed by atoms with Crippen molar-refractivity contribution in [2.75, 3.05) is 23.3 Å². The molecule has 0 radical (unpaired) electrons. The summed E-state index contributed by atoms with van der Waals surface area (Å²) >= 11 is 0. The Labute approximate surface area is 112 Å². The fourth-order valence-corrected chi connectivity index (χ4v) is 1.67. The summed E-state index contributed by atoms with van der Waals surface area (Å²) in [5, 5.41) is 12.7. The Morgan fingerprint density at radius 1 is 1.16 bits per heavy atom. The van der Waals surface area contributed by atoms with Gasteiger partial charge in [-0.2, -0.15) is 0 Å². The van der Waals surface area contributed by atoms with Crippen molar-refractivity contribution in [3.8, 4) is 0 Å². The van der Waals surface area contributed by atoms with E-state index in [4.69, 9.17) is 0 Å². The maximum Gasteiger partial charge on any atom is 0.248 e. The van der Waals surface area contributed by atoms with E-state index in [2.05, 4.69) is 24.1 Å². The van der Waals surface area contributed by atoms with Crippen molar-refractivity contribution in [2.24, 2.45) is 0 Å². The smallest absolute Gasteiger partial charge is 0.248 e. The van der Waals surface area contributed by atoms with Crippen LogP contribution in [0.15, 0.2) is 36.4 Å². The lowest BCUT2D eigenvalue weighted by atomic mass is 10.2. The van der Waals surface area contributed by atoms with Crippen molar-refractivity contribution in [1.82, 2.24) is 0 Å². The molecule has 0 aliphatic carbocycles. The second-order valence-corrected chi connectivity index (χ2v) is 3.86. The third-order valence-electron chi connectivity index (χ3n) is 2.63. The zero-order chi connectivity index (χ0) is 14.3. The number of aliphatic carboxylic acids is 1. The van der Waals surface area contributed by atoms with Crippen LogP contribution in [0.2, 0.25) is 0 Å². The lowest BCUT2D eigenvalue weighted by Gasteiger charge is -2.21. The molecule has 1 N–H and O–H groups in total. The van der Waals surface area contributed by atoms with Gasteiger partial charge in [0.2, 0.25) is 5.91 Å². The monoisotopic (exact) mass is 261 g/mol. The normalized spacial score (nSPS) is 10.4. The number of anilines is 2. The predicted molar refractivity (Wildman–Crippen MR) is 72.8 cm³/mol. The number of nitrogens with one attached hydrogen (secondary N) is 1. The predicted octanol–water partition coefficient (Wildman–Crippen LogP) is 0.777. The summed E-state index contributed by atoms with van der Waals surface area (Å²) in [6.07, 6.45) is 1.62. The van der Waals surface area contributed by atoms with Gasteiger partial charge in [-0.15, -0.1) is 0 Å². The van der Waals surface area contributed by atoms with Crippen LogP contribution in [0.3, 0.4) is 0 Å². The fraction of sp³-hybridized carbons (Fsp3) is 0.286. The molecule has 19 heavy (non-hydrogen) atoms. The van der Waals surface area contributed by atoms with Crippen molar-refractivity contribution >= 4 is 23.3 Å². The summed E-state index contributed by atoms with van der Waals surface area (Å²) in [5.41, 5.74) is 1.69. The highest BCUT2D eigenvalue weighted by atomic mass is 16.4. The molecule has 5 heteroatoms. The molecule has 0 aliphatic heterocycles. The first-order valence-electron chi connectivity index (χ1n) is 6.11. The Hall–Kier alpha value is -2.30. The van der Waals surface area contributed by atoms with Crippen LogP contribution in [0.25, 0.3) is 0 Å². The lowest BCUT2D eigenvalue weighted by Crippen LogP contribution is -2.21. The molecule has 5 nitrogen and oxygen atoms in total. The first-order chi connectivity index (χ1) is 9.06.